The molecule has 1 aromatic carbocycles. The number of likely N-dealkylation sites (tertiary alicyclic amines) is 1. The number of rotatable bonds is 4. The van der Waals surface area contributed by atoms with E-state index in [-0.39, 0.29) is 11.8 Å². The minimum Gasteiger partial charge on any atom is -0.341 e. The van der Waals surface area contributed by atoms with Crippen molar-refractivity contribution < 1.29 is 9.59 Å². The molecule has 0 aromatic heterocycles. The molecule has 1 fully saturated rings. The molecule has 4 heteroatoms. The van der Waals surface area contributed by atoms with Crippen molar-refractivity contribution in [3.8, 4) is 0 Å². The number of amides is 2. The fraction of sp³-hybridized carbons (Fsp3) is 0.412. The van der Waals surface area contributed by atoms with Gasteiger partial charge in [-0.15, -0.1) is 0 Å². The smallest absolute Gasteiger partial charge is 0.244 e. The number of hydrogen-bond donors (Lipinski definition) is 1. The molecule has 0 radical (unpaired) electrons. The summed E-state index contributed by atoms with van der Waals surface area (Å²) in [6.07, 6.45) is 6.51. The molecule has 0 bridgehead atoms. The van der Waals surface area contributed by atoms with E-state index in [0.29, 0.717) is 0 Å². The summed E-state index contributed by atoms with van der Waals surface area (Å²) in [5.41, 5.74) is 0.961. The summed E-state index contributed by atoms with van der Waals surface area (Å²) in [6, 6.07) is 9.13. The average molecular weight is 286 g/mol. The molecule has 21 heavy (non-hydrogen) atoms. The van der Waals surface area contributed by atoms with E-state index in [4.69, 9.17) is 0 Å². The maximum absolute atomic E-state index is 12.2. The molecule has 0 spiro atoms. The SMILES string of the molecule is CC(NC(=O)/C=C/c1ccccc1)C(=O)N1CCCCC1. The third kappa shape index (κ3) is 4.74. The first-order valence-corrected chi connectivity index (χ1v) is 7.49. The first kappa shape index (κ1) is 15.3. The number of nitrogens with one attached hydrogen (secondary N) is 1. The molecule has 1 aliphatic heterocycles. The zero-order valence-corrected chi connectivity index (χ0v) is 12.4. The molecule has 1 atom stereocenters. The van der Waals surface area contributed by atoms with Gasteiger partial charge in [0.25, 0.3) is 0 Å². The topological polar surface area (TPSA) is 49.4 Å². The van der Waals surface area contributed by atoms with Crippen molar-refractivity contribution >= 4 is 17.9 Å². The Balaban J connectivity index is 1.84. The normalized spacial score (nSPS) is 16.7. The van der Waals surface area contributed by atoms with Crippen LogP contribution in [-0.2, 0) is 9.59 Å². The predicted octanol–water partition coefficient (Wildman–Crippen LogP) is 2.22. The number of benzene rings is 1. The summed E-state index contributed by atoms with van der Waals surface area (Å²) in [7, 11) is 0. The van der Waals surface area contributed by atoms with Gasteiger partial charge < -0.3 is 10.2 Å². The van der Waals surface area contributed by atoms with Crippen LogP contribution in [0.5, 0.6) is 0 Å². The van der Waals surface area contributed by atoms with Crippen LogP contribution in [0.2, 0.25) is 0 Å². The second kappa shape index (κ2) is 7.62. The van der Waals surface area contributed by atoms with E-state index in [0.717, 1.165) is 31.5 Å². The highest BCUT2D eigenvalue weighted by molar-refractivity contribution is 5.95. The van der Waals surface area contributed by atoms with Gasteiger partial charge in [0.1, 0.15) is 6.04 Å². The van der Waals surface area contributed by atoms with Gasteiger partial charge in [-0.1, -0.05) is 30.3 Å². The van der Waals surface area contributed by atoms with Crippen molar-refractivity contribution in [2.45, 2.75) is 32.2 Å². The summed E-state index contributed by atoms with van der Waals surface area (Å²) in [6.45, 7) is 3.35. The van der Waals surface area contributed by atoms with E-state index in [1.54, 1.807) is 13.0 Å². The summed E-state index contributed by atoms with van der Waals surface area (Å²) in [5.74, 6) is -0.229. The van der Waals surface area contributed by atoms with Crippen LogP contribution >= 0.6 is 0 Å². The van der Waals surface area contributed by atoms with Gasteiger partial charge in [-0.2, -0.15) is 0 Å². The van der Waals surface area contributed by atoms with Crippen LogP contribution in [0.3, 0.4) is 0 Å². The van der Waals surface area contributed by atoms with E-state index in [1.165, 1.54) is 12.5 Å². The lowest BCUT2D eigenvalue weighted by molar-refractivity contribution is -0.135. The second-order valence-corrected chi connectivity index (χ2v) is 5.36. The van der Waals surface area contributed by atoms with Gasteiger partial charge in [0.15, 0.2) is 0 Å². The van der Waals surface area contributed by atoms with Crippen LogP contribution in [0.4, 0.5) is 0 Å². The summed E-state index contributed by atoms with van der Waals surface area (Å²) in [4.78, 5) is 25.9. The lowest BCUT2D eigenvalue weighted by atomic mass is 10.1. The van der Waals surface area contributed by atoms with E-state index in [1.807, 2.05) is 35.2 Å². The van der Waals surface area contributed by atoms with E-state index >= 15 is 0 Å². The summed E-state index contributed by atoms with van der Waals surface area (Å²) in [5, 5.41) is 2.73. The molecule has 2 amide bonds. The van der Waals surface area contributed by atoms with E-state index < -0.39 is 6.04 Å². The number of hydrogen-bond acceptors (Lipinski definition) is 2. The monoisotopic (exact) mass is 286 g/mol. The molecular formula is C17H22N2O2. The maximum atomic E-state index is 12.2. The van der Waals surface area contributed by atoms with Crippen LogP contribution in [0.15, 0.2) is 36.4 Å². The molecule has 1 N–H and O–H groups in total. The summed E-state index contributed by atoms with van der Waals surface area (Å²) < 4.78 is 0. The third-order valence-corrected chi connectivity index (χ3v) is 3.62. The maximum Gasteiger partial charge on any atom is 0.244 e. The van der Waals surface area contributed by atoms with Crippen molar-refractivity contribution in [1.82, 2.24) is 10.2 Å². The Morgan fingerprint density at radius 2 is 1.81 bits per heavy atom. The van der Waals surface area contributed by atoms with Crippen LogP contribution < -0.4 is 5.32 Å². The predicted molar refractivity (Wildman–Crippen MR) is 83.5 cm³/mol. The molecule has 1 aromatic rings. The zero-order chi connectivity index (χ0) is 15.1. The standard InChI is InChI=1S/C17H22N2O2/c1-14(17(21)19-12-6-3-7-13-19)18-16(20)11-10-15-8-4-2-5-9-15/h2,4-5,8-11,14H,3,6-7,12-13H2,1H3,(H,18,20)/b11-10+. The average Bonchev–Trinajstić information content (AvgIpc) is 2.54. The fourth-order valence-corrected chi connectivity index (χ4v) is 2.45. The van der Waals surface area contributed by atoms with E-state index in [2.05, 4.69) is 5.32 Å². The number of piperidine rings is 1. The first-order valence-electron chi connectivity index (χ1n) is 7.49. The van der Waals surface area contributed by atoms with Gasteiger partial charge in [0, 0.05) is 19.2 Å². The highest BCUT2D eigenvalue weighted by atomic mass is 16.2. The van der Waals surface area contributed by atoms with Gasteiger partial charge in [-0.25, -0.2) is 0 Å². The molecule has 112 valence electrons. The number of carbonyl (C=O) groups excluding carboxylic acids is 2. The molecule has 1 saturated heterocycles. The number of nitrogens with zero attached hydrogens (tertiary/aromatic N) is 1. The van der Waals surface area contributed by atoms with Crippen molar-refractivity contribution in [2.75, 3.05) is 13.1 Å². The Hall–Kier alpha value is -2.10. The second-order valence-electron chi connectivity index (χ2n) is 5.36. The van der Waals surface area contributed by atoms with Gasteiger partial charge >= 0.3 is 0 Å². The van der Waals surface area contributed by atoms with Crippen LogP contribution in [-0.4, -0.2) is 35.8 Å². The van der Waals surface area contributed by atoms with E-state index in [9.17, 15) is 9.59 Å². The Labute approximate surface area is 125 Å². The highest BCUT2D eigenvalue weighted by Crippen LogP contribution is 2.10. The quantitative estimate of drug-likeness (QED) is 0.863. The van der Waals surface area contributed by atoms with Crippen molar-refractivity contribution in [3.05, 3.63) is 42.0 Å². The van der Waals surface area contributed by atoms with Gasteiger partial charge in [-0.05, 0) is 37.8 Å². The molecule has 1 heterocycles. The molecular weight excluding hydrogens is 264 g/mol. The van der Waals surface area contributed by atoms with Gasteiger partial charge in [0.2, 0.25) is 11.8 Å². The molecule has 0 aliphatic carbocycles. The van der Waals surface area contributed by atoms with Crippen LogP contribution in [0.25, 0.3) is 6.08 Å². The third-order valence-electron chi connectivity index (χ3n) is 3.62. The molecule has 2 rings (SSSR count). The molecule has 4 nitrogen and oxygen atoms in total. The Morgan fingerprint density at radius 3 is 2.48 bits per heavy atom. The van der Waals surface area contributed by atoms with Crippen molar-refractivity contribution in [2.24, 2.45) is 0 Å². The molecule has 0 saturated carbocycles. The summed E-state index contributed by atoms with van der Waals surface area (Å²) >= 11 is 0. The zero-order valence-electron chi connectivity index (χ0n) is 12.4. The minimum atomic E-state index is -0.476. The van der Waals surface area contributed by atoms with Crippen molar-refractivity contribution in [1.29, 1.82) is 0 Å². The Bertz CT molecular complexity index is 505. The fourth-order valence-electron chi connectivity index (χ4n) is 2.45. The number of carbonyl (C=O) groups is 2. The minimum absolute atomic E-state index is 0.0103. The largest absolute Gasteiger partial charge is 0.341 e. The van der Waals surface area contributed by atoms with Crippen molar-refractivity contribution in [3.63, 3.8) is 0 Å². The Kier molecular flexibility index (Phi) is 5.55. The van der Waals surface area contributed by atoms with Crippen LogP contribution in [0, 0.1) is 0 Å². The molecule has 1 unspecified atom stereocenters. The van der Waals surface area contributed by atoms with Gasteiger partial charge in [0.05, 0.1) is 0 Å². The van der Waals surface area contributed by atoms with Crippen LogP contribution in [0.1, 0.15) is 31.7 Å². The molecule has 1 aliphatic rings. The first-order chi connectivity index (χ1) is 10.2. The highest BCUT2D eigenvalue weighted by Gasteiger charge is 2.22. The Morgan fingerprint density at radius 1 is 1.14 bits per heavy atom. The lowest BCUT2D eigenvalue weighted by Crippen LogP contribution is -2.48. The lowest BCUT2D eigenvalue weighted by Gasteiger charge is -2.29. The van der Waals surface area contributed by atoms with Gasteiger partial charge in [-0.3, -0.25) is 9.59 Å².